The molecule has 3 rings (SSSR count). The average Bonchev–Trinajstić information content (AvgIpc) is 3.03. The monoisotopic (exact) mass is 354 g/mol. The van der Waals surface area contributed by atoms with Gasteiger partial charge in [0.1, 0.15) is 18.1 Å². The van der Waals surface area contributed by atoms with Crippen LogP contribution < -0.4 is 10.1 Å². The number of carbonyl (C=O) groups is 1. The lowest BCUT2D eigenvalue weighted by molar-refractivity contribution is -0.118. The molecule has 1 unspecified atom stereocenters. The van der Waals surface area contributed by atoms with Crippen LogP contribution >= 0.6 is 11.8 Å². The van der Waals surface area contributed by atoms with Crippen molar-refractivity contribution in [3.8, 4) is 5.75 Å². The zero-order valence-corrected chi connectivity index (χ0v) is 14.6. The van der Waals surface area contributed by atoms with Crippen molar-refractivity contribution in [2.24, 2.45) is 10.2 Å². The van der Waals surface area contributed by atoms with Crippen LogP contribution in [0.4, 0.5) is 0 Å². The van der Waals surface area contributed by atoms with Gasteiger partial charge in [-0.2, -0.15) is 0 Å². The van der Waals surface area contributed by atoms with Crippen LogP contribution in [0.3, 0.4) is 0 Å². The Morgan fingerprint density at radius 3 is 2.72 bits per heavy atom. The average molecular weight is 354 g/mol. The van der Waals surface area contributed by atoms with Gasteiger partial charge in [-0.05, 0) is 30.7 Å². The number of pyridine rings is 1. The van der Waals surface area contributed by atoms with Crippen LogP contribution in [0.1, 0.15) is 19.0 Å². The highest BCUT2D eigenvalue weighted by Crippen LogP contribution is 2.22. The third kappa shape index (κ3) is 4.67. The molecule has 0 spiro atoms. The zero-order chi connectivity index (χ0) is 17.5. The van der Waals surface area contributed by atoms with Crippen molar-refractivity contribution in [2.45, 2.75) is 18.6 Å². The summed E-state index contributed by atoms with van der Waals surface area (Å²) in [5, 5.41) is 11.6. The van der Waals surface area contributed by atoms with E-state index in [1.807, 2.05) is 55.5 Å². The fourth-order valence-corrected chi connectivity index (χ4v) is 3.03. The molecular weight excluding hydrogens is 336 g/mol. The lowest BCUT2D eigenvalue weighted by Crippen LogP contribution is -2.24. The Bertz CT molecular complexity index is 778. The predicted molar refractivity (Wildman–Crippen MR) is 100.0 cm³/mol. The number of ether oxygens (including phenoxy) is 1. The standard InChI is InChI=1S/C18H18N4O2S/c1-2-16-17(23)20-18(25-16)22-21-15(14-10-6-7-11-19-14)12-24-13-8-4-3-5-9-13/h3-11,16H,2,12H2,1H3,(H,20,22,23)/b21-15+. The number of aromatic nitrogens is 1. The van der Waals surface area contributed by atoms with Crippen LogP contribution in [-0.4, -0.2) is 33.6 Å². The van der Waals surface area contributed by atoms with Gasteiger partial charge in [-0.1, -0.05) is 43.0 Å². The zero-order valence-electron chi connectivity index (χ0n) is 13.8. The first-order valence-electron chi connectivity index (χ1n) is 7.97. The summed E-state index contributed by atoms with van der Waals surface area (Å²) in [6.45, 7) is 2.20. The molecule has 1 atom stereocenters. The number of amidine groups is 1. The first-order chi connectivity index (χ1) is 12.3. The van der Waals surface area contributed by atoms with E-state index < -0.39 is 0 Å². The Morgan fingerprint density at radius 1 is 1.24 bits per heavy atom. The molecular formula is C18H18N4O2S. The predicted octanol–water partition coefficient (Wildman–Crippen LogP) is 2.86. The smallest absolute Gasteiger partial charge is 0.239 e. The maximum Gasteiger partial charge on any atom is 0.239 e. The number of nitrogens with one attached hydrogen (secondary N) is 1. The first-order valence-corrected chi connectivity index (χ1v) is 8.85. The molecule has 0 saturated carbocycles. The molecule has 1 amide bonds. The second-order valence-corrected chi connectivity index (χ2v) is 6.46. The number of rotatable bonds is 6. The Hall–Kier alpha value is -2.67. The molecule has 1 aromatic heterocycles. The molecule has 0 aliphatic carbocycles. The van der Waals surface area contributed by atoms with Crippen molar-refractivity contribution in [1.29, 1.82) is 0 Å². The minimum atomic E-state index is -0.104. The summed E-state index contributed by atoms with van der Waals surface area (Å²) in [4.78, 5) is 16.1. The molecule has 1 saturated heterocycles. The summed E-state index contributed by atoms with van der Waals surface area (Å²) in [7, 11) is 0. The molecule has 1 aliphatic rings. The molecule has 0 radical (unpaired) electrons. The van der Waals surface area contributed by atoms with Crippen molar-refractivity contribution in [2.75, 3.05) is 6.61 Å². The molecule has 25 heavy (non-hydrogen) atoms. The van der Waals surface area contributed by atoms with Crippen LogP contribution in [0.5, 0.6) is 5.75 Å². The minimum absolute atomic E-state index is 0.0265. The van der Waals surface area contributed by atoms with E-state index in [1.165, 1.54) is 11.8 Å². The van der Waals surface area contributed by atoms with Gasteiger partial charge in [0.05, 0.1) is 10.9 Å². The molecule has 1 aliphatic heterocycles. The number of benzene rings is 1. The van der Waals surface area contributed by atoms with Crippen molar-refractivity contribution >= 4 is 28.5 Å². The fourth-order valence-electron chi connectivity index (χ4n) is 2.18. The summed E-state index contributed by atoms with van der Waals surface area (Å²) < 4.78 is 5.77. The van der Waals surface area contributed by atoms with E-state index in [0.717, 1.165) is 12.2 Å². The highest BCUT2D eigenvalue weighted by Gasteiger charge is 2.28. The lowest BCUT2D eigenvalue weighted by Gasteiger charge is -2.07. The van der Waals surface area contributed by atoms with Crippen LogP contribution in [0.2, 0.25) is 0 Å². The topological polar surface area (TPSA) is 75.9 Å². The number of nitrogens with zero attached hydrogens (tertiary/aromatic N) is 3. The van der Waals surface area contributed by atoms with Gasteiger partial charge in [-0.3, -0.25) is 9.78 Å². The van der Waals surface area contributed by atoms with E-state index >= 15 is 0 Å². The normalized spacial score (nSPS) is 19.1. The molecule has 1 fully saturated rings. The molecule has 0 bridgehead atoms. The quantitative estimate of drug-likeness (QED) is 0.639. The van der Waals surface area contributed by atoms with E-state index in [9.17, 15) is 4.79 Å². The molecule has 1 aromatic carbocycles. The number of carbonyl (C=O) groups excluding carboxylic acids is 1. The van der Waals surface area contributed by atoms with E-state index in [4.69, 9.17) is 4.74 Å². The van der Waals surface area contributed by atoms with Gasteiger partial charge in [0.25, 0.3) is 0 Å². The van der Waals surface area contributed by atoms with Crippen molar-refractivity contribution in [1.82, 2.24) is 10.3 Å². The summed E-state index contributed by atoms with van der Waals surface area (Å²) in [6.07, 6.45) is 2.45. The number of amides is 1. The van der Waals surface area contributed by atoms with Gasteiger partial charge in [0.2, 0.25) is 5.91 Å². The number of hydrogen-bond acceptors (Lipinski definition) is 6. The van der Waals surface area contributed by atoms with Gasteiger partial charge in [-0.25, -0.2) is 0 Å². The minimum Gasteiger partial charge on any atom is -0.487 e. The largest absolute Gasteiger partial charge is 0.487 e. The van der Waals surface area contributed by atoms with Gasteiger partial charge < -0.3 is 10.1 Å². The highest BCUT2D eigenvalue weighted by atomic mass is 32.2. The van der Waals surface area contributed by atoms with Crippen molar-refractivity contribution in [3.05, 3.63) is 60.4 Å². The second kappa shape index (κ2) is 8.43. The maximum absolute atomic E-state index is 11.7. The highest BCUT2D eigenvalue weighted by molar-refractivity contribution is 8.15. The third-order valence-electron chi connectivity index (χ3n) is 3.49. The van der Waals surface area contributed by atoms with E-state index in [1.54, 1.807) is 6.20 Å². The van der Waals surface area contributed by atoms with Crippen LogP contribution in [0.25, 0.3) is 0 Å². The van der Waals surface area contributed by atoms with Crippen LogP contribution in [0, 0.1) is 0 Å². The summed E-state index contributed by atoms with van der Waals surface area (Å²) in [5.41, 5.74) is 1.27. The van der Waals surface area contributed by atoms with Crippen molar-refractivity contribution in [3.63, 3.8) is 0 Å². The summed E-state index contributed by atoms with van der Waals surface area (Å²) in [6, 6.07) is 15.1. The Kier molecular flexibility index (Phi) is 5.79. The fraction of sp³-hybridized carbons (Fsp3) is 0.222. The number of para-hydroxylation sites is 1. The number of hydrogen-bond donors (Lipinski definition) is 1. The van der Waals surface area contributed by atoms with Crippen LogP contribution in [0.15, 0.2) is 64.9 Å². The van der Waals surface area contributed by atoms with Gasteiger partial charge >= 0.3 is 0 Å². The SMILES string of the molecule is CCC1S/C(=N\N=C(/COc2ccccc2)c2ccccn2)NC1=O. The van der Waals surface area contributed by atoms with Crippen LogP contribution in [-0.2, 0) is 4.79 Å². The maximum atomic E-state index is 11.7. The van der Waals surface area contributed by atoms with Crippen molar-refractivity contribution < 1.29 is 9.53 Å². The van der Waals surface area contributed by atoms with Gasteiger partial charge in [0.15, 0.2) is 5.17 Å². The Morgan fingerprint density at radius 2 is 2.04 bits per heavy atom. The lowest BCUT2D eigenvalue weighted by atomic mass is 10.2. The van der Waals surface area contributed by atoms with Gasteiger partial charge in [0, 0.05) is 6.20 Å². The third-order valence-corrected chi connectivity index (χ3v) is 4.73. The van der Waals surface area contributed by atoms with E-state index in [0.29, 0.717) is 16.6 Å². The molecule has 2 heterocycles. The molecule has 2 aromatic rings. The molecule has 6 nitrogen and oxygen atoms in total. The number of thioether (sulfide) groups is 1. The Balaban J connectivity index is 1.78. The first kappa shape index (κ1) is 17.2. The molecule has 128 valence electrons. The second-order valence-electron chi connectivity index (χ2n) is 5.27. The molecule has 7 heteroatoms. The summed E-state index contributed by atoms with van der Waals surface area (Å²) >= 11 is 1.39. The molecule has 1 N–H and O–H groups in total. The van der Waals surface area contributed by atoms with Gasteiger partial charge in [-0.15, -0.1) is 10.2 Å². The van der Waals surface area contributed by atoms with E-state index in [-0.39, 0.29) is 17.8 Å². The Labute approximate surface area is 150 Å². The summed E-state index contributed by atoms with van der Waals surface area (Å²) in [5.74, 6) is 0.717. The van der Waals surface area contributed by atoms with E-state index in [2.05, 4.69) is 20.5 Å².